The summed E-state index contributed by atoms with van der Waals surface area (Å²) in [6.07, 6.45) is 0. The lowest BCUT2D eigenvalue weighted by Gasteiger charge is -2.03. The maximum absolute atomic E-state index is 5.75. The Morgan fingerprint density at radius 2 is 1.79 bits per heavy atom. The van der Waals surface area contributed by atoms with Crippen molar-refractivity contribution in [2.75, 3.05) is 0 Å². The quantitative estimate of drug-likeness (QED) is 0.719. The first-order valence-electron chi connectivity index (χ1n) is 4.25. The van der Waals surface area contributed by atoms with Gasteiger partial charge in [-0.15, -0.1) is 0 Å². The zero-order chi connectivity index (χ0) is 9.80. The summed E-state index contributed by atoms with van der Waals surface area (Å²) in [6, 6.07) is 17.7. The summed E-state index contributed by atoms with van der Waals surface area (Å²) < 4.78 is 5.52. The molecule has 0 spiro atoms. The highest BCUT2D eigenvalue weighted by molar-refractivity contribution is 6.30. The summed E-state index contributed by atoms with van der Waals surface area (Å²) in [5.74, 6) is 1.46. The first-order valence-corrected chi connectivity index (χ1v) is 4.62. The van der Waals surface area contributed by atoms with Gasteiger partial charge in [0.05, 0.1) is 0 Å². The third-order valence-electron chi connectivity index (χ3n) is 1.72. The minimum absolute atomic E-state index is 0.703. The molecule has 0 bridgehead atoms. The average Bonchev–Trinajstić information content (AvgIpc) is 2.23. The van der Waals surface area contributed by atoms with Crippen LogP contribution < -0.4 is 4.74 Å². The van der Waals surface area contributed by atoms with Crippen LogP contribution in [0.1, 0.15) is 0 Å². The Morgan fingerprint density at radius 1 is 1.00 bits per heavy atom. The summed E-state index contributed by atoms with van der Waals surface area (Å²) >= 11 is 5.75. The molecule has 0 aromatic heterocycles. The van der Waals surface area contributed by atoms with Gasteiger partial charge in [-0.2, -0.15) is 0 Å². The van der Waals surface area contributed by atoms with Crippen LogP contribution in [0.15, 0.2) is 48.5 Å². The van der Waals surface area contributed by atoms with Crippen LogP contribution in [0, 0.1) is 6.07 Å². The lowest BCUT2D eigenvalue weighted by molar-refractivity contribution is 0.481. The number of halogens is 1. The number of para-hydroxylation sites is 1. The highest BCUT2D eigenvalue weighted by atomic mass is 35.5. The summed E-state index contributed by atoms with van der Waals surface area (Å²) in [7, 11) is 0. The topological polar surface area (TPSA) is 9.23 Å². The minimum Gasteiger partial charge on any atom is -0.457 e. The molecule has 2 heteroatoms. The van der Waals surface area contributed by atoms with E-state index in [9.17, 15) is 0 Å². The SMILES string of the molecule is Clc1ccc(Oc2[c]cccc2)cc1. The van der Waals surface area contributed by atoms with E-state index in [2.05, 4.69) is 6.07 Å². The van der Waals surface area contributed by atoms with Gasteiger partial charge in [0.1, 0.15) is 11.5 Å². The standard InChI is InChI=1S/C12H8ClO/c13-10-6-8-12(9-7-10)14-11-4-2-1-3-5-11/h1-4,6-9H. The second-order valence-corrected chi connectivity index (χ2v) is 3.22. The summed E-state index contributed by atoms with van der Waals surface area (Å²) in [4.78, 5) is 0. The number of benzene rings is 2. The Morgan fingerprint density at radius 3 is 2.43 bits per heavy atom. The van der Waals surface area contributed by atoms with Crippen molar-refractivity contribution >= 4 is 11.6 Å². The van der Waals surface area contributed by atoms with Gasteiger partial charge in [-0.05, 0) is 30.3 Å². The lowest BCUT2D eigenvalue weighted by Crippen LogP contribution is -1.82. The predicted molar refractivity (Wildman–Crippen MR) is 56.8 cm³/mol. The maximum atomic E-state index is 5.75. The van der Waals surface area contributed by atoms with Gasteiger partial charge in [-0.3, -0.25) is 0 Å². The predicted octanol–water partition coefficient (Wildman–Crippen LogP) is 3.93. The third kappa shape index (κ3) is 2.27. The fourth-order valence-electron chi connectivity index (χ4n) is 1.07. The molecule has 2 aromatic rings. The molecule has 0 aliphatic heterocycles. The number of hydrogen-bond acceptors (Lipinski definition) is 1. The van der Waals surface area contributed by atoms with Crippen molar-refractivity contribution in [1.29, 1.82) is 0 Å². The van der Waals surface area contributed by atoms with Crippen LogP contribution in [0.25, 0.3) is 0 Å². The van der Waals surface area contributed by atoms with Crippen LogP contribution in [0.4, 0.5) is 0 Å². The Bertz CT molecular complexity index is 394. The normalized spacial score (nSPS) is 9.79. The van der Waals surface area contributed by atoms with Crippen molar-refractivity contribution in [3.63, 3.8) is 0 Å². The van der Waals surface area contributed by atoms with E-state index < -0.39 is 0 Å². The van der Waals surface area contributed by atoms with E-state index in [1.807, 2.05) is 36.4 Å². The van der Waals surface area contributed by atoms with Gasteiger partial charge in [0.15, 0.2) is 0 Å². The van der Waals surface area contributed by atoms with E-state index in [0.29, 0.717) is 10.8 Å². The summed E-state index contributed by atoms with van der Waals surface area (Å²) in [5, 5.41) is 0.703. The van der Waals surface area contributed by atoms with Crippen LogP contribution in [0.2, 0.25) is 5.02 Å². The molecular formula is C12H8ClO. The first kappa shape index (κ1) is 9.10. The number of rotatable bonds is 2. The van der Waals surface area contributed by atoms with E-state index in [0.717, 1.165) is 5.75 Å². The smallest absolute Gasteiger partial charge is 0.135 e. The molecule has 0 saturated carbocycles. The highest BCUT2D eigenvalue weighted by Crippen LogP contribution is 2.21. The van der Waals surface area contributed by atoms with E-state index in [-0.39, 0.29) is 0 Å². The van der Waals surface area contributed by atoms with Gasteiger partial charge < -0.3 is 4.74 Å². The van der Waals surface area contributed by atoms with E-state index >= 15 is 0 Å². The van der Waals surface area contributed by atoms with Crippen molar-refractivity contribution in [3.8, 4) is 11.5 Å². The summed E-state index contributed by atoms with van der Waals surface area (Å²) in [5.41, 5.74) is 0. The van der Waals surface area contributed by atoms with Crippen molar-refractivity contribution < 1.29 is 4.74 Å². The zero-order valence-electron chi connectivity index (χ0n) is 7.41. The Balaban J connectivity index is 2.16. The van der Waals surface area contributed by atoms with Crippen LogP contribution in [0.5, 0.6) is 11.5 Å². The fraction of sp³-hybridized carbons (Fsp3) is 0. The molecule has 0 heterocycles. The van der Waals surface area contributed by atoms with Gasteiger partial charge >= 0.3 is 0 Å². The molecule has 0 aliphatic rings. The number of hydrogen-bond donors (Lipinski definition) is 0. The molecule has 2 aromatic carbocycles. The molecule has 0 N–H and O–H groups in total. The van der Waals surface area contributed by atoms with Gasteiger partial charge in [0.2, 0.25) is 0 Å². The Hall–Kier alpha value is -1.47. The molecule has 0 atom stereocenters. The van der Waals surface area contributed by atoms with Crippen molar-refractivity contribution in [1.82, 2.24) is 0 Å². The van der Waals surface area contributed by atoms with Crippen LogP contribution >= 0.6 is 11.6 Å². The summed E-state index contributed by atoms with van der Waals surface area (Å²) in [6.45, 7) is 0. The van der Waals surface area contributed by atoms with Crippen molar-refractivity contribution in [2.24, 2.45) is 0 Å². The minimum atomic E-state index is 0.703. The zero-order valence-corrected chi connectivity index (χ0v) is 8.16. The van der Waals surface area contributed by atoms with Crippen molar-refractivity contribution in [3.05, 3.63) is 59.6 Å². The number of ether oxygens (including phenoxy) is 1. The van der Waals surface area contributed by atoms with E-state index in [4.69, 9.17) is 16.3 Å². The van der Waals surface area contributed by atoms with Gasteiger partial charge in [0.25, 0.3) is 0 Å². The molecule has 1 nitrogen and oxygen atoms in total. The molecule has 0 saturated heterocycles. The average molecular weight is 204 g/mol. The Labute approximate surface area is 87.9 Å². The Kier molecular flexibility index (Phi) is 2.70. The lowest BCUT2D eigenvalue weighted by atomic mass is 10.3. The molecule has 1 radical (unpaired) electrons. The highest BCUT2D eigenvalue weighted by Gasteiger charge is 1.95. The van der Waals surface area contributed by atoms with Crippen LogP contribution in [-0.2, 0) is 0 Å². The van der Waals surface area contributed by atoms with E-state index in [1.54, 1.807) is 12.1 Å². The van der Waals surface area contributed by atoms with Gasteiger partial charge in [0, 0.05) is 11.1 Å². The maximum Gasteiger partial charge on any atom is 0.135 e. The first-order chi connectivity index (χ1) is 6.84. The van der Waals surface area contributed by atoms with Crippen LogP contribution in [0.3, 0.4) is 0 Å². The molecule has 0 unspecified atom stereocenters. The van der Waals surface area contributed by atoms with Gasteiger partial charge in [-0.25, -0.2) is 0 Å². The second kappa shape index (κ2) is 4.16. The molecule has 0 amide bonds. The molecule has 69 valence electrons. The second-order valence-electron chi connectivity index (χ2n) is 2.78. The molecule has 2 rings (SSSR count). The van der Waals surface area contributed by atoms with Gasteiger partial charge in [-0.1, -0.05) is 29.8 Å². The van der Waals surface area contributed by atoms with Crippen LogP contribution in [-0.4, -0.2) is 0 Å². The van der Waals surface area contributed by atoms with E-state index in [1.165, 1.54) is 0 Å². The largest absolute Gasteiger partial charge is 0.457 e. The fourth-order valence-corrected chi connectivity index (χ4v) is 1.20. The molecular weight excluding hydrogens is 196 g/mol. The van der Waals surface area contributed by atoms with Crippen molar-refractivity contribution in [2.45, 2.75) is 0 Å². The molecule has 14 heavy (non-hydrogen) atoms. The molecule has 0 aliphatic carbocycles. The monoisotopic (exact) mass is 203 g/mol. The molecule has 0 fully saturated rings. The third-order valence-corrected chi connectivity index (χ3v) is 1.97.